The molecule has 2 heteroatoms. The summed E-state index contributed by atoms with van der Waals surface area (Å²) in [7, 11) is 0. The third kappa shape index (κ3) is 3.08. The average Bonchev–Trinajstić information content (AvgIpc) is 2.97. The Morgan fingerprint density at radius 3 is 2.50 bits per heavy atom. The maximum atomic E-state index is 3.75. The summed E-state index contributed by atoms with van der Waals surface area (Å²) in [6, 6.07) is 5.27. The molecule has 0 bridgehead atoms. The molecule has 2 rings (SSSR count). The van der Waals surface area contributed by atoms with Gasteiger partial charge in [-0.05, 0) is 43.2 Å². The molecule has 1 N–H and O–H groups in total. The first-order valence-electron chi connectivity index (χ1n) is 6.51. The standard InChI is InChI=1S/C14H23NS/c1-4-12-7-8-13(16-12)9-15-14(10(2)3)11-5-6-11/h7-8,10-11,14-15H,4-6,9H2,1-3H3. The largest absolute Gasteiger partial charge is 0.309 e. The molecule has 1 aliphatic carbocycles. The molecular weight excluding hydrogens is 214 g/mol. The summed E-state index contributed by atoms with van der Waals surface area (Å²) in [4.78, 5) is 2.99. The molecule has 1 fully saturated rings. The van der Waals surface area contributed by atoms with Gasteiger partial charge in [0, 0.05) is 22.3 Å². The summed E-state index contributed by atoms with van der Waals surface area (Å²) < 4.78 is 0. The van der Waals surface area contributed by atoms with E-state index in [1.807, 2.05) is 11.3 Å². The van der Waals surface area contributed by atoms with E-state index in [2.05, 4.69) is 38.2 Å². The Labute approximate surface area is 103 Å². The highest BCUT2D eigenvalue weighted by Gasteiger charge is 2.32. The lowest BCUT2D eigenvalue weighted by Gasteiger charge is -2.21. The van der Waals surface area contributed by atoms with Gasteiger partial charge in [-0.2, -0.15) is 0 Å². The first-order valence-corrected chi connectivity index (χ1v) is 7.33. The lowest BCUT2D eigenvalue weighted by molar-refractivity contribution is 0.360. The molecule has 1 aromatic rings. The summed E-state index contributed by atoms with van der Waals surface area (Å²) in [6.45, 7) is 7.96. The molecule has 1 heterocycles. The van der Waals surface area contributed by atoms with E-state index < -0.39 is 0 Å². The van der Waals surface area contributed by atoms with Gasteiger partial charge in [-0.15, -0.1) is 11.3 Å². The zero-order valence-corrected chi connectivity index (χ0v) is 11.4. The van der Waals surface area contributed by atoms with Crippen LogP contribution in [0.2, 0.25) is 0 Å². The fraction of sp³-hybridized carbons (Fsp3) is 0.714. The Hall–Kier alpha value is -0.340. The molecule has 0 aromatic carbocycles. The van der Waals surface area contributed by atoms with Crippen LogP contribution in [-0.2, 0) is 13.0 Å². The number of hydrogen-bond acceptors (Lipinski definition) is 2. The van der Waals surface area contributed by atoms with Crippen molar-refractivity contribution >= 4 is 11.3 Å². The molecule has 0 amide bonds. The van der Waals surface area contributed by atoms with Gasteiger partial charge in [0.05, 0.1) is 0 Å². The van der Waals surface area contributed by atoms with Crippen molar-refractivity contribution in [2.24, 2.45) is 11.8 Å². The predicted octanol–water partition coefficient (Wildman–Crippen LogP) is 3.83. The van der Waals surface area contributed by atoms with Crippen molar-refractivity contribution in [2.75, 3.05) is 0 Å². The number of rotatable bonds is 6. The molecule has 1 nitrogen and oxygen atoms in total. The molecule has 90 valence electrons. The third-order valence-electron chi connectivity index (χ3n) is 3.43. The van der Waals surface area contributed by atoms with Gasteiger partial charge in [0.2, 0.25) is 0 Å². The second-order valence-corrected chi connectivity index (χ2v) is 6.46. The molecule has 1 aromatic heterocycles. The summed E-state index contributed by atoms with van der Waals surface area (Å²) in [5.74, 6) is 1.71. The zero-order chi connectivity index (χ0) is 11.5. The van der Waals surface area contributed by atoms with E-state index in [0.29, 0.717) is 0 Å². The van der Waals surface area contributed by atoms with Gasteiger partial charge in [-0.3, -0.25) is 0 Å². The molecule has 1 saturated carbocycles. The van der Waals surface area contributed by atoms with Gasteiger partial charge in [-0.25, -0.2) is 0 Å². The van der Waals surface area contributed by atoms with E-state index in [1.54, 1.807) is 0 Å². The fourth-order valence-corrected chi connectivity index (χ4v) is 3.24. The van der Waals surface area contributed by atoms with Crippen LogP contribution in [0.4, 0.5) is 0 Å². The normalized spacial score (nSPS) is 18.0. The van der Waals surface area contributed by atoms with Crippen molar-refractivity contribution in [1.82, 2.24) is 5.32 Å². The van der Waals surface area contributed by atoms with Crippen LogP contribution >= 0.6 is 11.3 Å². The van der Waals surface area contributed by atoms with Crippen LogP contribution in [0.3, 0.4) is 0 Å². The first kappa shape index (κ1) is 12.1. The van der Waals surface area contributed by atoms with Gasteiger partial charge in [0.15, 0.2) is 0 Å². The summed E-state index contributed by atoms with van der Waals surface area (Å²) in [6.07, 6.45) is 4.03. The third-order valence-corrected chi connectivity index (χ3v) is 4.66. The van der Waals surface area contributed by atoms with Crippen LogP contribution in [-0.4, -0.2) is 6.04 Å². The number of thiophene rings is 1. The smallest absolute Gasteiger partial charge is 0.0302 e. The second-order valence-electron chi connectivity index (χ2n) is 5.21. The molecule has 1 aliphatic rings. The van der Waals surface area contributed by atoms with Crippen molar-refractivity contribution in [3.8, 4) is 0 Å². The monoisotopic (exact) mass is 237 g/mol. The Morgan fingerprint density at radius 1 is 1.31 bits per heavy atom. The Kier molecular flexibility index (Phi) is 4.04. The predicted molar refractivity (Wildman–Crippen MR) is 71.9 cm³/mol. The van der Waals surface area contributed by atoms with E-state index >= 15 is 0 Å². The molecule has 0 saturated heterocycles. The maximum Gasteiger partial charge on any atom is 0.0302 e. The van der Waals surface area contributed by atoms with Crippen molar-refractivity contribution in [2.45, 2.75) is 52.6 Å². The topological polar surface area (TPSA) is 12.0 Å². The fourth-order valence-electron chi connectivity index (χ4n) is 2.33. The quantitative estimate of drug-likeness (QED) is 0.793. The molecule has 0 radical (unpaired) electrons. The molecular formula is C14H23NS. The van der Waals surface area contributed by atoms with Crippen LogP contribution < -0.4 is 5.32 Å². The zero-order valence-electron chi connectivity index (χ0n) is 10.6. The minimum Gasteiger partial charge on any atom is -0.309 e. The van der Waals surface area contributed by atoms with E-state index in [9.17, 15) is 0 Å². The molecule has 16 heavy (non-hydrogen) atoms. The van der Waals surface area contributed by atoms with E-state index in [4.69, 9.17) is 0 Å². The van der Waals surface area contributed by atoms with Crippen molar-refractivity contribution in [3.63, 3.8) is 0 Å². The average molecular weight is 237 g/mol. The molecule has 0 spiro atoms. The number of nitrogens with one attached hydrogen (secondary N) is 1. The van der Waals surface area contributed by atoms with Crippen molar-refractivity contribution in [1.29, 1.82) is 0 Å². The van der Waals surface area contributed by atoms with Gasteiger partial charge < -0.3 is 5.32 Å². The second kappa shape index (κ2) is 5.33. The van der Waals surface area contributed by atoms with E-state index in [0.717, 1.165) is 24.4 Å². The van der Waals surface area contributed by atoms with Gasteiger partial charge in [-0.1, -0.05) is 20.8 Å². The van der Waals surface area contributed by atoms with Crippen LogP contribution in [0, 0.1) is 11.8 Å². The Balaban J connectivity index is 1.85. The van der Waals surface area contributed by atoms with Gasteiger partial charge in [0.1, 0.15) is 0 Å². The van der Waals surface area contributed by atoms with Gasteiger partial charge in [0.25, 0.3) is 0 Å². The Bertz CT molecular complexity index is 323. The van der Waals surface area contributed by atoms with Crippen LogP contribution in [0.1, 0.15) is 43.4 Å². The van der Waals surface area contributed by atoms with Crippen molar-refractivity contribution < 1.29 is 0 Å². The summed E-state index contributed by atoms with van der Waals surface area (Å²) in [5.41, 5.74) is 0. The lowest BCUT2D eigenvalue weighted by Crippen LogP contribution is -2.35. The first-order chi connectivity index (χ1) is 7.70. The minimum absolute atomic E-state index is 0.729. The molecule has 0 aliphatic heterocycles. The number of hydrogen-bond donors (Lipinski definition) is 1. The maximum absolute atomic E-state index is 3.75. The highest BCUT2D eigenvalue weighted by atomic mass is 32.1. The van der Waals surface area contributed by atoms with Crippen molar-refractivity contribution in [3.05, 3.63) is 21.9 Å². The van der Waals surface area contributed by atoms with Gasteiger partial charge >= 0.3 is 0 Å². The molecule has 1 atom stereocenters. The lowest BCUT2D eigenvalue weighted by atomic mass is 9.99. The summed E-state index contributed by atoms with van der Waals surface area (Å²) >= 11 is 1.96. The van der Waals surface area contributed by atoms with Crippen LogP contribution in [0.15, 0.2) is 12.1 Å². The van der Waals surface area contributed by atoms with E-state index in [-0.39, 0.29) is 0 Å². The number of aryl methyl sites for hydroxylation is 1. The van der Waals surface area contributed by atoms with Crippen LogP contribution in [0.5, 0.6) is 0 Å². The van der Waals surface area contributed by atoms with Crippen LogP contribution in [0.25, 0.3) is 0 Å². The minimum atomic E-state index is 0.729. The molecule has 1 unspecified atom stereocenters. The summed E-state index contributed by atoms with van der Waals surface area (Å²) in [5, 5.41) is 3.75. The van der Waals surface area contributed by atoms with E-state index in [1.165, 1.54) is 29.0 Å². The SMILES string of the molecule is CCc1ccc(CNC(C(C)C)C2CC2)s1. The Morgan fingerprint density at radius 2 is 2.00 bits per heavy atom. The highest BCUT2D eigenvalue weighted by Crippen LogP contribution is 2.35. The highest BCUT2D eigenvalue weighted by molar-refractivity contribution is 7.11.